The van der Waals surface area contributed by atoms with Crippen molar-refractivity contribution in [3.63, 3.8) is 0 Å². The van der Waals surface area contributed by atoms with Gasteiger partial charge in [-0.1, -0.05) is 12.1 Å². The number of carbonyl (C=O) groups is 1. The smallest absolute Gasteiger partial charge is 0.290 e. The van der Waals surface area contributed by atoms with Crippen LogP contribution in [-0.4, -0.2) is 30.1 Å². The second-order valence-electron chi connectivity index (χ2n) is 7.07. The molecule has 3 aromatic rings. The van der Waals surface area contributed by atoms with Crippen LogP contribution < -0.4 is 5.43 Å². The van der Waals surface area contributed by atoms with Crippen LogP contribution in [0.3, 0.4) is 0 Å². The SMILES string of the molecule is O=C(c1cc(=O)c2cc(F)ccc2o1)N(Cc1cccc(F)c1)C[C@H]1CCCO1. The summed E-state index contributed by atoms with van der Waals surface area (Å²) in [6.45, 7) is 1.06. The molecular formula is C22H19F2NO4. The summed E-state index contributed by atoms with van der Waals surface area (Å²) < 4.78 is 38.2. The summed E-state index contributed by atoms with van der Waals surface area (Å²) in [5.74, 6) is -1.61. The molecule has 0 aliphatic carbocycles. The van der Waals surface area contributed by atoms with Gasteiger partial charge in [-0.3, -0.25) is 9.59 Å². The molecule has 5 nitrogen and oxygen atoms in total. The van der Waals surface area contributed by atoms with Crippen molar-refractivity contribution < 1.29 is 22.7 Å². The molecule has 1 aliphatic rings. The third-order valence-electron chi connectivity index (χ3n) is 4.90. The van der Waals surface area contributed by atoms with E-state index in [0.717, 1.165) is 31.0 Å². The van der Waals surface area contributed by atoms with Gasteiger partial charge in [0.1, 0.15) is 17.2 Å². The van der Waals surface area contributed by atoms with E-state index in [9.17, 15) is 18.4 Å². The molecule has 0 bridgehead atoms. The van der Waals surface area contributed by atoms with Gasteiger partial charge in [-0.05, 0) is 48.7 Å². The molecule has 1 aliphatic heterocycles. The lowest BCUT2D eigenvalue weighted by Crippen LogP contribution is -2.37. The van der Waals surface area contributed by atoms with Crippen molar-refractivity contribution in [3.8, 4) is 0 Å². The van der Waals surface area contributed by atoms with Crippen LogP contribution in [0.4, 0.5) is 8.78 Å². The van der Waals surface area contributed by atoms with E-state index in [1.807, 2.05) is 0 Å². The molecule has 150 valence electrons. The number of benzene rings is 2. The largest absolute Gasteiger partial charge is 0.451 e. The number of rotatable bonds is 5. The van der Waals surface area contributed by atoms with Crippen LogP contribution >= 0.6 is 0 Å². The third-order valence-corrected chi connectivity index (χ3v) is 4.90. The zero-order valence-electron chi connectivity index (χ0n) is 15.6. The van der Waals surface area contributed by atoms with Gasteiger partial charge >= 0.3 is 0 Å². The highest BCUT2D eigenvalue weighted by molar-refractivity contribution is 5.93. The number of halogens is 2. The van der Waals surface area contributed by atoms with Gasteiger partial charge < -0.3 is 14.1 Å². The Morgan fingerprint density at radius 2 is 1.93 bits per heavy atom. The molecule has 4 rings (SSSR count). The average Bonchev–Trinajstić information content (AvgIpc) is 3.20. The van der Waals surface area contributed by atoms with Gasteiger partial charge in [0, 0.05) is 25.8 Å². The minimum absolute atomic E-state index is 0.0670. The van der Waals surface area contributed by atoms with Crippen molar-refractivity contribution in [1.29, 1.82) is 0 Å². The monoisotopic (exact) mass is 399 g/mol. The number of carbonyl (C=O) groups excluding carboxylic acids is 1. The Labute approximate surface area is 165 Å². The number of amides is 1. The molecule has 0 unspecified atom stereocenters. The maximum absolute atomic E-state index is 13.6. The summed E-state index contributed by atoms with van der Waals surface area (Å²) >= 11 is 0. The molecular weight excluding hydrogens is 380 g/mol. The zero-order valence-corrected chi connectivity index (χ0v) is 15.6. The summed E-state index contributed by atoms with van der Waals surface area (Å²) in [5.41, 5.74) is 0.239. The highest BCUT2D eigenvalue weighted by Gasteiger charge is 2.26. The number of ether oxygens (including phenoxy) is 1. The van der Waals surface area contributed by atoms with Gasteiger partial charge in [-0.25, -0.2) is 8.78 Å². The first-order chi connectivity index (χ1) is 14.0. The summed E-state index contributed by atoms with van der Waals surface area (Å²) in [6.07, 6.45) is 1.59. The van der Waals surface area contributed by atoms with Crippen molar-refractivity contribution in [1.82, 2.24) is 4.90 Å². The minimum atomic E-state index is -0.560. The topological polar surface area (TPSA) is 59.8 Å². The first-order valence-electron chi connectivity index (χ1n) is 9.38. The Kier molecular flexibility index (Phi) is 5.40. The van der Waals surface area contributed by atoms with E-state index in [1.54, 1.807) is 12.1 Å². The van der Waals surface area contributed by atoms with E-state index in [-0.39, 0.29) is 29.4 Å². The van der Waals surface area contributed by atoms with Crippen LogP contribution in [-0.2, 0) is 11.3 Å². The number of nitrogens with zero attached hydrogens (tertiary/aromatic N) is 1. The predicted octanol–water partition coefficient (Wildman–Crippen LogP) is 3.89. The van der Waals surface area contributed by atoms with Crippen LogP contribution in [0.2, 0.25) is 0 Å². The molecule has 1 aromatic heterocycles. The van der Waals surface area contributed by atoms with Gasteiger partial charge in [0.25, 0.3) is 5.91 Å². The summed E-state index contributed by atoms with van der Waals surface area (Å²) in [4.78, 5) is 27.0. The van der Waals surface area contributed by atoms with Crippen LogP contribution in [0.15, 0.2) is 57.7 Å². The van der Waals surface area contributed by atoms with E-state index in [0.29, 0.717) is 18.7 Å². The van der Waals surface area contributed by atoms with Crippen LogP contribution in [0.25, 0.3) is 11.0 Å². The second-order valence-corrected chi connectivity index (χ2v) is 7.07. The van der Waals surface area contributed by atoms with Gasteiger partial charge in [0.2, 0.25) is 0 Å². The molecule has 1 saturated heterocycles. The van der Waals surface area contributed by atoms with Gasteiger partial charge in [0.15, 0.2) is 11.2 Å². The van der Waals surface area contributed by atoms with E-state index in [2.05, 4.69) is 0 Å². The summed E-state index contributed by atoms with van der Waals surface area (Å²) in [7, 11) is 0. The molecule has 0 radical (unpaired) electrons. The Morgan fingerprint density at radius 3 is 2.69 bits per heavy atom. The molecule has 7 heteroatoms. The number of hydrogen-bond acceptors (Lipinski definition) is 4. The standard InChI is InChI=1S/C22H19F2NO4/c23-15-4-1-3-14(9-15)12-25(13-17-5-2-8-28-17)22(27)21-11-19(26)18-10-16(24)6-7-20(18)29-21/h1,3-4,6-7,9-11,17H,2,5,8,12-13H2/t17-/m1/s1. The van der Waals surface area contributed by atoms with E-state index >= 15 is 0 Å². The van der Waals surface area contributed by atoms with Crippen LogP contribution in [0.1, 0.15) is 29.0 Å². The van der Waals surface area contributed by atoms with Crippen LogP contribution in [0, 0.1) is 11.6 Å². The molecule has 1 amide bonds. The maximum atomic E-state index is 13.6. The van der Waals surface area contributed by atoms with Crippen molar-refractivity contribution in [2.45, 2.75) is 25.5 Å². The Balaban J connectivity index is 1.67. The lowest BCUT2D eigenvalue weighted by molar-refractivity contribution is 0.0484. The Hall–Kier alpha value is -3.06. The molecule has 2 heterocycles. The van der Waals surface area contributed by atoms with Crippen molar-refractivity contribution in [2.75, 3.05) is 13.2 Å². The Morgan fingerprint density at radius 1 is 1.10 bits per heavy atom. The highest BCUT2D eigenvalue weighted by atomic mass is 19.1. The van der Waals surface area contributed by atoms with E-state index in [4.69, 9.17) is 9.15 Å². The van der Waals surface area contributed by atoms with Gasteiger partial charge in [-0.15, -0.1) is 0 Å². The average molecular weight is 399 g/mol. The highest BCUT2D eigenvalue weighted by Crippen LogP contribution is 2.19. The third kappa shape index (κ3) is 4.35. The molecule has 29 heavy (non-hydrogen) atoms. The quantitative estimate of drug-likeness (QED) is 0.653. The van der Waals surface area contributed by atoms with Crippen molar-refractivity contribution in [3.05, 3.63) is 81.7 Å². The van der Waals surface area contributed by atoms with Crippen LogP contribution in [0.5, 0.6) is 0 Å². The molecule has 0 N–H and O–H groups in total. The van der Waals surface area contributed by atoms with Crippen molar-refractivity contribution in [2.24, 2.45) is 0 Å². The molecule has 0 spiro atoms. The van der Waals surface area contributed by atoms with Gasteiger partial charge in [0.05, 0.1) is 11.5 Å². The lowest BCUT2D eigenvalue weighted by Gasteiger charge is -2.25. The molecule has 2 aromatic carbocycles. The fraction of sp³-hybridized carbons (Fsp3) is 0.273. The fourth-order valence-electron chi connectivity index (χ4n) is 3.50. The summed E-state index contributed by atoms with van der Waals surface area (Å²) in [6, 6.07) is 10.6. The van der Waals surface area contributed by atoms with E-state index < -0.39 is 23.0 Å². The van der Waals surface area contributed by atoms with Gasteiger partial charge in [-0.2, -0.15) is 0 Å². The zero-order chi connectivity index (χ0) is 20.4. The predicted molar refractivity (Wildman–Crippen MR) is 103 cm³/mol. The maximum Gasteiger partial charge on any atom is 0.290 e. The fourth-order valence-corrected chi connectivity index (χ4v) is 3.50. The molecule has 0 saturated carbocycles. The Bertz CT molecular complexity index is 1110. The lowest BCUT2D eigenvalue weighted by atomic mass is 10.1. The minimum Gasteiger partial charge on any atom is -0.451 e. The second kappa shape index (κ2) is 8.13. The van der Waals surface area contributed by atoms with Crippen molar-refractivity contribution >= 4 is 16.9 Å². The number of hydrogen-bond donors (Lipinski definition) is 0. The molecule has 1 atom stereocenters. The molecule has 1 fully saturated rings. The summed E-state index contributed by atoms with van der Waals surface area (Å²) in [5, 5.41) is 0.0670. The van der Waals surface area contributed by atoms with E-state index in [1.165, 1.54) is 23.1 Å². The number of fused-ring (bicyclic) bond motifs is 1. The first-order valence-corrected chi connectivity index (χ1v) is 9.38. The first kappa shape index (κ1) is 19.3. The normalized spacial score (nSPS) is 16.3.